The molecule has 0 aromatic heterocycles. The number of hydrogen-bond acceptors (Lipinski definition) is 5. The molecule has 2 fully saturated rings. The van der Waals surface area contributed by atoms with Crippen molar-refractivity contribution in [1.82, 2.24) is 0 Å². The predicted molar refractivity (Wildman–Crippen MR) is 102 cm³/mol. The Kier molecular flexibility index (Phi) is 9.40. The SMILES string of the molecule is CCCCCCOc1ccc(C)cc1.CO[C@H]1CO[C@H]2[C@@H]1OC[C@H]2OC. The van der Waals surface area contributed by atoms with E-state index < -0.39 is 0 Å². The smallest absolute Gasteiger partial charge is 0.119 e. The van der Waals surface area contributed by atoms with Crippen molar-refractivity contribution in [3.05, 3.63) is 29.8 Å². The lowest BCUT2D eigenvalue weighted by atomic mass is 10.1. The molecule has 0 unspecified atom stereocenters. The fraction of sp³-hybridized carbons (Fsp3) is 0.714. The highest BCUT2D eigenvalue weighted by Gasteiger charge is 2.48. The second-order valence-corrected chi connectivity index (χ2v) is 6.87. The molecule has 2 saturated heterocycles. The summed E-state index contributed by atoms with van der Waals surface area (Å²) < 4.78 is 27.0. The monoisotopic (exact) mass is 366 g/mol. The van der Waals surface area contributed by atoms with Gasteiger partial charge in [0.1, 0.15) is 30.2 Å². The summed E-state index contributed by atoms with van der Waals surface area (Å²) in [5.41, 5.74) is 1.28. The Morgan fingerprint density at radius 1 is 0.885 bits per heavy atom. The first-order chi connectivity index (χ1) is 12.7. The predicted octanol–water partition coefficient (Wildman–Crippen LogP) is 3.77. The second kappa shape index (κ2) is 11.5. The number of methoxy groups -OCH3 is 2. The summed E-state index contributed by atoms with van der Waals surface area (Å²) in [5.74, 6) is 0.993. The zero-order chi connectivity index (χ0) is 18.8. The first-order valence-electron chi connectivity index (χ1n) is 9.67. The highest BCUT2D eigenvalue weighted by atomic mass is 16.6. The molecule has 5 nitrogen and oxygen atoms in total. The second-order valence-electron chi connectivity index (χ2n) is 6.87. The van der Waals surface area contributed by atoms with Crippen LogP contribution in [0.25, 0.3) is 0 Å². The van der Waals surface area contributed by atoms with Crippen LogP contribution in [0.4, 0.5) is 0 Å². The number of benzene rings is 1. The molecular weight excluding hydrogens is 332 g/mol. The van der Waals surface area contributed by atoms with Crippen LogP contribution in [0.2, 0.25) is 0 Å². The van der Waals surface area contributed by atoms with Crippen LogP contribution in [0, 0.1) is 6.92 Å². The van der Waals surface area contributed by atoms with Crippen LogP contribution in [-0.4, -0.2) is 58.5 Å². The zero-order valence-corrected chi connectivity index (χ0v) is 16.6. The Hall–Kier alpha value is -1.14. The molecule has 0 aliphatic carbocycles. The maximum atomic E-state index is 5.61. The first kappa shape index (κ1) is 21.2. The van der Waals surface area contributed by atoms with Gasteiger partial charge in [0.05, 0.1) is 19.8 Å². The van der Waals surface area contributed by atoms with Gasteiger partial charge in [0.15, 0.2) is 0 Å². The van der Waals surface area contributed by atoms with Gasteiger partial charge in [-0.1, -0.05) is 43.9 Å². The summed E-state index contributed by atoms with van der Waals surface area (Å²) in [6, 6.07) is 8.24. The average Bonchev–Trinajstić information content (AvgIpc) is 3.25. The van der Waals surface area contributed by atoms with Crippen LogP contribution in [0.3, 0.4) is 0 Å². The fourth-order valence-electron chi connectivity index (χ4n) is 3.19. The summed E-state index contributed by atoms with van der Waals surface area (Å²) in [5, 5.41) is 0. The lowest BCUT2D eigenvalue weighted by Gasteiger charge is -2.14. The Bertz CT molecular complexity index is 472. The van der Waals surface area contributed by atoms with Crippen LogP contribution < -0.4 is 4.74 Å². The summed E-state index contributed by atoms with van der Waals surface area (Å²) in [6.45, 7) is 6.40. The normalized spacial score (nSPS) is 26.9. The molecule has 2 heterocycles. The van der Waals surface area contributed by atoms with Gasteiger partial charge in [0.2, 0.25) is 0 Å². The highest BCUT2D eigenvalue weighted by molar-refractivity contribution is 5.26. The molecule has 148 valence electrons. The number of fused-ring (bicyclic) bond motifs is 1. The first-order valence-corrected chi connectivity index (χ1v) is 9.67. The topological polar surface area (TPSA) is 46.2 Å². The molecule has 3 rings (SSSR count). The van der Waals surface area contributed by atoms with Crippen LogP contribution in [0.15, 0.2) is 24.3 Å². The number of aryl methyl sites for hydroxylation is 1. The largest absolute Gasteiger partial charge is 0.494 e. The molecule has 26 heavy (non-hydrogen) atoms. The Morgan fingerprint density at radius 3 is 1.96 bits per heavy atom. The van der Waals surface area contributed by atoms with E-state index >= 15 is 0 Å². The van der Waals surface area contributed by atoms with Crippen LogP contribution in [0.1, 0.15) is 38.2 Å². The van der Waals surface area contributed by atoms with E-state index in [-0.39, 0.29) is 24.4 Å². The third-order valence-corrected chi connectivity index (χ3v) is 4.86. The summed E-state index contributed by atoms with van der Waals surface area (Å²) in [7, 11) is 3.36. The van der Waals surface area contributed by atoms with E-state index in [4.69, 9.17) is 23.7 Å². The molecule has 4 atom stereocenters. The van der Waals surface area contributed by atoms with Gasteiger partial charge in [-0.2, -0.15) is 0 Å². The highest BCUT2D eigenvalue weighted by Crippen LogP contribution is 2.29. The molecule has 0 bridgehead atoms. The van der Waals surface area contributed by atoms with Gasteiger partial charge >= 0.3 is 0 Å². The number of rotatable bonds is 8. The molecule has 0 amide bonds. The van der Waals surface area contributed by atoms with Crippen molar-refractivity contribution in [1.29, 1.82) is 0 Å². The number of hydrogen-bond donors (Lipinski definition) is 0. The van der Waals surface area contributed by atoms with E-state index in [0.29, 0.717) is 13.2 Å². The Labute approximate surface area is 157 Å². The lowest BCUT2D eigenvalue weighted by Crippen LogP contribution is -2.32. The maximum Gasteiger partial charge on any atom is 0.119 e. The van der Waals surface area contributed by atoms with Crippen LogP contribution in [0.5, 0.6) is 5.75 Å². The minimum absolute atomic E-state index is 0.0694. The molecule has 5 heteroatoms. The van der Waals surface area contributed by atoms with Gasteiger partial charge in [-0.25, -0.2) is 0 Å². The third-order valence-electron chi connectivity index (χ3n) is 4.86. The molecule has 0 spiro atoms. The maximum absolute atomic E-state index is 5.61. The van der Waals surface area contributed by atoms with Gasteiger partial charge in [0, 0.05) is 14.2 Å². The Balaban J connectivity index is 0.000000189. The standard InChI is InChI=1S/C13H20O.C8H14O4/c1-3-4-5-6-11-14-13-9-7-12(2)8-10-13;1-9-5-3-11-8-6(10-2)4-12-7(5)8/h7-10H,3-6,11H2,1-2H3;5-8H,3-4H2,1-2H3/t;5-,6+,7-,8-/m.1/s1. The van der Waals surface area contributed by atoms with E-state index in [0.717, 1.165) is 12.4 Å². The molecule has 2 aliphatic rings. The van der Waals surface area contributed by atoms with Crippen molar-refractivity contribution in [3.63, 3.8) is 0 Å². The average molecular weight is 366 g/mol. The molecule has 2 aliphatic heterocycles. The van der Waals surface area contributed by atoms with Gasteiger partial charge < -0.3 is 23.7 Å². The van der Waals surface area contributed by atoms with Crippen molar-refractivity contribution < 1.29 is 23.7 Å². The van der Waals surface area contributed by atoms with Crippen molar-refractivity contribution in [3.8, 4) is 5.75 Å². The summed E-state index contributed by atoms with van der Waals surface area (Å²) in [6.07, 6.45) is 5.34. The van der Waals surface area contributed by atoms with Gasteiger partial charge in [-0.05, 0) is 25.5 Å². The summed E-state index contributed by atoms with van der Waals surface area (Å²) in [4.78, 5) is 0. The van der Waals surface area contributed by atoms with E-state index in [2.05, 4.69) is 26.0 Å². The van der Waals surface area contributed by atoms with E-state index in [1.165, 1.54) is 31.2 Å². The number of ether oxygens (including phenoxy) is 5. The summed E-state index contributed by atoms with van der Waals surface area (Å²) >= 11 is 0. The fourth-order valence-corrected chi connectivity index (χ4v) is 3.19. The lowest BCUT2D eigenvalue weighted by molar-refractivity contribution is -0.0267. The van der Waals surface area contributed by atoms with Crippen molar-refractivity contribution in [2.24, 2.45) is 0 Å². The van der Waals surface area contributed by atoms with Gasteiger partial charge in [-0.3, -0.25) is 0 Å². The van der Waals surface area contributed by atoms with E-state index in [1.807, 2.05) is 12.1 Å². The van der Waals surface area contributed by atoms with Crippen molar-refractivity contribution in [2.45, 2.75) is 63.9 Å². The quantitative estimate of drug-likeness (QED) is 0.656. The molecule has 1 aromatic carbocycles. The van der Waals surface area contributed by atoms with E-state index in [9.17, 15) is 0 Å². The van der Waals surface area contributed by atoms with Crippen LogP contribution in [-0.2, 0) is 18.9 Å². The molecule has 1 aromatic rings. The van der Waals surface area contributed by atoms with Gasteiger partial charge in [0.25, 0.3) is 0 Å². The minimum atomic E-state index is 0.0694. The van der Waals surface area contributed by atoms with Crippen molar-refractivity contribution >= 4 is 0 Å². The molecular formula is C21H34O5. The van der Waals surface area contributed by atoms with Crippen LogP contribution >= 0.6 is 0 Å². The molecule has 0 N–H and O–H groups in total. The zero-order valence-electron chi connectivity index (χ0n) is 16.6. The van der Waals surface area contributed by atoms with Crippen molar-refractivity contribution in [2.75, 3.05) is 34.0 Å². The van der Waals surface area contributed by atoms with E-state index in [1.54, 1.807) is 14.2 Å². The number of unbranched alkanes of at least 4 members (excludes halogenated alkanes) is 3. The minimum Gasteiger partial charge on any atom is -0.494 e. The third kappa shape index (κ3) is 6.23. The molecule has 0 radical (unpaired) electrons. The Morgan fingerprint density at radius 2 is 1.46 bits per heavy atom. The van der Waals surface area contributed by atoms with Gasteiger partial charge in [-0.15, -0.1) is 0 Å². The molecule has 0 saturated carbocycles.